The van der Waals surface area contributed by atoms with Crippen LogP contribution in [0.15, 0.2) is 12.3 Å². The average Bonchev–Trinajstić information content (AvgIpc) is 1.97. The Bertz CT molecular complexity index is 86.7. The van der Waals surface area contributed by atoms with Gasteiger partial charge >= 0.3 is 0 Å². The fourth-order valence-corrected chi connectivity index (χ4v) is 0.883. The molecule has 0 bridgehead atoms. The monoisotopic (exact) mass is 141 g/mol. The first-order chi connectivity index (χ1) is 4.81. The van der Waals surface area contributed by atoms with Crippen molar-refractivity contribution in [2.24, 2.45) is 5.92 Å². The number of unbranched alkanes of at least 4 members (excludes halogenated alkanes) is 1. The van der Waals surface area contributed by atoms with E-state index >= 15 is 0 Å². The lowest BCUT2D eigenvalue weighted by atomic mass is 10.1. The number of nitrogens with one attached hydrogen (secondary N) is 1. The SMILES string of the molecule is CCCCC(C)/C=C/NC. The largest absolute Gasteiger partial charge is 0.394 e. The molecular formula is C9H19N. The molecule has 1 atom stereocenters. The summed E-state index contributed by atoms with van der Waals surface area (Å²) in [6.07, 6.45) is 8.19. The molecule has 0 rings (SSSR count). The van der Waals surface area contributed by atoms with Gasteiger partial charge in [-0.2, -0.15) is 0 Å². The van der Waals surface area contributed by atoms with Gasteiger partial charge in [0.1, 0.15) is 0 Å². The van der Waals surface area contributed by atoms with Crippen molar-refractivity contribution in [1.29, 1.82) is 0 Å². The summed E-state index contributed by atoms with van der Waals surface area (Å²) in [6, 6.07) is 0. The fraction of sp³-hybridized carbons (Fsp3) is 0.778. The normalized spacial score (nSPS) is 13.9. The minimum absolute atomic E-state index is 0.729. The fourth-order valence-electron chi connectivity index (χ4n) is 0.883. The predicted octanol–water partition coefficient (Wildman–Crippen LogP) is 2.55. The van der Waals surface area contributed by atoms with Gasteiger partial charge in [0.15, 0.2) is 0 Å². The van der Waals surface area contributed by atoms with E-state index in [4.69, 9.17) is 0 Å². The highest BCUT2D eigenvalue weighted by Gasteiger charge is 1.93. The smallest absolute Gasteiger partial charge is 0.00276 e. The summed E-state index contributed by atoms with van der Waals surface area (Å²) in [4.78, 5) is 0. The third-order valence-corrected chi connectivity index (χ3v) is 1.60. The van der Waals surface area contributed by atoms with E-state index in [2.05, 4.69) is 25.2 Å². The molecule has 1 nitrogen and oxygen atoms in total. The summed E-state index contributed by atoms with van der Waals surface area (Å²) in [5.41, 5.74) is 0. The quantitative estimate of drug-likeness (QED) is 0.620. The zero-order valence-corrected chi connectivity index (χ0v) is 7.35. The van der Waals surface area contributed by atoms with Gasteiger partial charge in [-0.1, -0.05) is 32.8 Å². The van der Waals surface area contributed by atoms with Crippen LogP contribution in [0.3, 0.4) is 0 Å². The van der Waals surface area contributed by atoms with Gasteiger partial charge in [0, 0.05) is 7.05 Å². The van der Waals surface area contributed by atoms with E-state index in [-0.39, 0.29) is 0 Å². The Morgan fingerprint density at radius 1 is 1.50 bits per heavy atom. The molecule has 0 saturated carbocycles. The van der Waals surface area contributed by atoms with Gasteiger partial charge in [0.25, 0.3) is 0 Å². The zero-order chi connectivity index (χ0) is 7.82. The molecular weight excluding hydrogens is 122 g/mol. The molecule has 0 heterocycles. The third-order valence-electron chi connectivity index (χ3n) is 1.60. The maximum Gasteiger partial charge on any atom is 0.00276 e. The van der Waals surface area contributed by atoms with Crippen molar-refractivity contribution in [2.45, 2.75) is 33.1 Å². The lowest BCUT2D eigenvalue weighted by Crippen LogP contribution is -1.95. The lowest BCUT2D eigenvalue weighted by Gasteiger charge is -2.02. The minimum atomic E-state index is 0.729. The second-order valence-electron chi connectivity index (χ2n) is 2.77. The van der Waals surface area contributed by atoms with Crippen molar-refractivity contribution >= 4 is 0 Å². The van der Waals surface area contributed by atoms with Crippen molar-refractivity contribution in [1.82, 2.24) is 5.32 Å². The van der Waals surface area contributed by atoms with E-state index in [0.29, 0.717) is 0 Å². The van der Waals surface area contributed by atoms with Crippen LogP contribution in [0.4, 0.5) is 0 Å². The Hall–Kier alpha value is -0.460. The van der Waals surface area contributed by atoms with E-state index in [1.54, 1.807) is 0 Å². The Labute approximate surface area is 64.5 Å². The summed E-state index contributed by atoms with van der Waals surface area (Å²) >= 11 is 0. The van der Waals surface area contributed by atoms with Gasteiger partial charge in [0.2, 0.25) is 0 Å². The molecule has 1 unspecified atom stereocenters. The average molecular weight is 141 g/mol. The van der Waals surface area contributed by atoms with Crippen LogP contribution in [0, 0.1) is 5.92 Å². The molecule has 0 radical (unpaired) electrons. The molecule has 0 spiro atoms. The lowest BCUT2D eigenvalue weighted by molar-refractivity contribution is 0.596. The van der Waals surface area contributed by atoms with E-state index in [1.165, 1.54) is 19.3 Å². The molecule has 0 aliphatic carbocycles. The molecule has 0 aliphatic heterocycles. The summed E-state index contributed by atoms with van der Waals surface area (Å²) in [5.74, 6) is 0.729. The van der Waals surface area contributed by atoms with Crippen molar-refractivity contribution in [2.75, 3.05) is 7.05 Å². The first kappa shape index (κ1) is 9.54. The first-order valence-corrected chi connectivity index (χ1v) is 4.15. The Balaban J connectivity index is 3.24. The molecule has 0 amide bonds. The molecule has 0 aromatic heterocycles. The van der Waals surface area contributed by atoms with Crippen LogP contribution in [-0.2, 0) is 0 Å². The second-order valence-corrected chi connectivity index (χ2v) is 2.77. The van der Waals surface area contributed by atoms with Gasteiger partial charge < -0.3 is 5.32 Å². The van der Waals surface area contributed by atoms with E-state index in [1.807, 2.05) is 13.2 Å². The van der Waals surface area contributed by atoms with Crippen LogP contribution in [0.2, 0.25) is 0 Å². The molecule has 1 N–H and O–H groups in total. The van der Waals surface area contributed by atoms with E-state index in [0.717, 1.165) is 5.92 Å². The summed E-state index contributed by atoms with van der Waals surface area (Å²) in [7, 11) is 1.93. The highest BCUT2D eigenvalue weighted by atomic mass is 14.8. The van der Waals surface area contributed by atoms with Gasteiger partial charge in [-0.3, -0.25) is 0 Å². The van der Waals surface area contributed by atoms with Gasteiger partial charge in [-0.15, -0.1) is 0 Å². The molecule has 0 aliphatic rings. The van der Waals surface area contributed by atoms with Gasteiger partial charge in [0.05, 0.1) is 0 Å². The minimum Gasteiger partial charge on any atom is -0.394 e. The standard InChI is InChI=1S/C9H19N/c1-4-5-6-9(2)7-8-10-3/h7-10H,4-6H2,1-3H3/b8-7+. The molecule has 1 heteroatoms. The zero-order valence-electron chi connectivity index (χ0n) is 7.35. The second kappa shape index (κ2) is 6.66. The summed E-state index contributed by atoms with van der Waals surface area (Å²) < 4.78 is 0. The highest BCUT2D eigenvalue weighted by Crippen LogP contribution is 2.07. The molecule has 10 heavy (non-hydrogen) atoms. The van der Waals surface area contributed by atoms with Gasteiger partial charge in [-0.05, 0) is 18.5 Å². The Kier molecular flexibility index (Phi) is 6.35. The molecule has 0 saturated heterocycles. The number of hydrogen-bond acceptors (Lipinski definition) is 1. The van der Waals surface area contributed by atoms with Crippen LogP contribution < -0.4 is 5.32 Å². The van der Waals surface area contributed by atoms with Crippen molar-refractivity contribution in [3.8, 4) is 0 Å². The third kappa shape index (κ3) is 5.67. The highest BCUT2D eigenvalue weighted by molar-refractivity contribution is 4.83. The molecule has 0 fully saturated rings. The Morgan fingerprint density at radius 2 is 2.20 bits per heavy atom. The molecule has 0 aromatic carbocycles. The maximum atomic E-state index is 2.99. The predicted molar refractivity (Wildman–Crippen MR) is 46.9 cm³/mol. The van der Waals surface area contributed by atoms with Crippen LogP contribution in [0.25, 0.3) is 0 Å². The van der Waals surface area contributed by atoms with Crippen molar-refractivity contribution in [3.63, 3.8) is 0 Å². The van der Waals surface area contributed by atoms with Crippen molar-refractivity contribution in [3.05, 3.63) is 12.3 Å². The van der Waals surface area contributed by atoms with Crippen LogP contribution >= 0.6 is 0 Å². The topological polar surface area (TPSA) is 12.0 Å². The van der Waals surface area contributed by atoms with E-state index < -0.39 is 0 Å². The van der Waals surface area contributed by atoms with Crippen LogP contribution in [0.5, 0.6) is 0 Å². The van der Waals surface area contributed by atoms with Crippen LogP contribution in [0.1, 0.15) is 33.1 Å². The number of hydrogen-bond donors (Lipinski definition) is 1. The first-order valence-electron chi connectivity index (χ1n) is 4.15. The number of rotatable bonds is 5. The van der Waals surface area contributed by atoms with Gasteiger partial charge in [-0.25, -0.2) is 0 Å². The molecule has 0 aromatic rings. The Morgan fingerprint density at radius 3 is 2.70 bits per heavy atom. The van der Waals surface area contributed by atoms with E-state index in [9.17, 15) is 0 Å². The summed E-state index contributed by atoms with van der Waals surface area (Å²) in [6.45, 7) is 4.48. The molecule has 60 valence electrons. The van der Waals surface area contributed by atoms with Crippen molar-refractivity contribution < 1.29 is 0 Å². The maximum absolute atomic E-state index is 2.99. The summed E-state index contributed by atoms with van der Waals surface area (Å²) in [5, 5.41) is 2.99. The van der Waals surface area contributed by atoms with Crippen LogP contribution in [-0.4, -0.2) is 7.05 Å². The number of allylic oxidation sites excluding steroid dienone is 1.